The number of benzene rings is 2. The number of pyridine rings is 1. The molecule has 0 N–H and O–H groups in total. The Morgan fingerprint density at radius 2 is 1.72 bits per heavy atom. The summed E-state index contributed by atoms with van der Waals surface area (Å²) >= 11 is 0. The standard InChI is InChI=1S/C25H24FN5O/c1-18(19-4-6-21(26)7-5-19)30-11-13-31(14-12-30)24-16-25(29-17-28-24)32-22-8-9-23-20(15-22)3-2-10-27-23/h2-10,15-18H,11-14H2,1H3/t18-/m0/s1. The van der Waals surface area contributed by atoms with Gasteiger partial charge in [-0.1, -0.05) is 18.2 Å². The molecule has 0 spiro atoms. The monoisotopic (exact) mass is 429 g/mol. The highest BCUT2D eigenvalue weighted by molar-refractivity contribution is 5.79. The van der Waals surface area contributed by atoms with Gasteiger partial charge >= 0.3 is 0 Å². The van der Waals surface area contributed by atoms with Crippen molar-refractivity contribution in [3.8, 4) is 11.6 Å². The van der Waals surface area contributed by atoms with Gasteiger partial charge in [-0.25, -0.2) is 14.4 Å². The van der Waals surface area contributed by atoms with E-state index >= 15 is 0 Å². The van der Waals surface area contributed by atoms with Crippen LogP contribution >= 0.6 is 0 Å². The lowest BCUT2D eigenvalue weighted by atomic mass is 10.1. The molecule has 2 aromatic carbocycles. The predicted octanol–water partition coefficient (Wildman–Crippen LogP) is 4.84. The van der Waals surface area contributed by atoms with Crippen LogP contribution in [0.25, 0.3) is 10.9 Å². The van der Waals surface area contributed by atoms with E-state index in [1.165, 1.54) is 12.1 Å². The Balaban J connectivity index is 1.24. The van der Waals surface area contributed by atoms with E-state index in [0.29, 0.717) is 11.6 Å². The van der Waals surface area contributed by atoms with Crippen molar-refractivity contribution >= 4 is 16.7 Å². The van der Waals surface area contributed by atoms with Gasteiger partial charge in [0.05, 0.1) is 5.52 Å². The normalized spacial score (nSPS) is 15.6. The zero-order chi connectivity index (χ0) is 21.9. The molecule has 0 unspecified atom stereocenters. The third-order valence-corrected chi connectivity index (χ3v) is 5.96. The van der Waals surface area contributed by atoms with E-state index in [1.54, 1.807) is 12.5 Å². The van der Waals surface area contributed by atoms with Gasteiger partial charge in [0.15, 0.2) is 0 Å². The molecule has 0 amide bonds. The number of nitrogens with zero attached hydrogens (tertiary/aromatic N) is 5. The number of aromatic nitrogens is 3. The van der Waals surface area contributed by atoms with E-state index in [1.807, 2.05) is 48.5 Å². The van der Waals surface area contributed by atoms with Crippen molar-refractivity contribution < 1.29 is 9.13 Å². The molecule has 1 fully saturated rings. The average molecular weight is 429 g/mol. The lowest BCUT2D eigenvalue weighted by molar-refractivity contribution is 0.198. The van der Waals surface area contributed by atoms with Crippen molar-refractivity contribution in [3.63, 3.8) is 0 Å². The summed E-state index contributed by atoms with van der Waals surface area (Å²) < 4.78 is 19.2. The lowest BCUT2D eigenvalue weighted by Crippen LogP contribution is -2.47. The average Bonchev–Trinajstić information content (AvgIpc) is 2.84. The molecule has 0 saturated carbocycles. The minimum atomic E-state index is -0.201. The van der Waals surface area contributed by atoms with Crippen molar-refractivity contribution in [3.05, 3.63) is 84.6 Å². The second kappa shape index (κ2) is 8.88. The molecule has 0 aliphatic carbocycles. The van der Waals surface area contributed by atoms with Gasteiger partial charge < -0.3 is 9.64 Å². The van der Waals surface area contributed by atoms with E-state index in [-0.39, 0.29) is 11.9 Å². The summed E-state index contributed by atoms with van der Waals surface area (Å²) in [6.45, 7) is 5.67. The summed E-state index contributed by atoms with van der Waals surface area (Å²) in [5.74, 6) is 1.88. The van der Waals surface area contributed by atoms with Crippen LogP contribution in [0.5, 0.6) is 11.6 Å². The minimum absolute atomic E-state index is 0.201. The smallest absolute Gasteiger partial charge is 0.224 e. The van der Waals surface area contributed by atoms with Crippen molar-refractivity contribution in [2.24, 2.45) is 0 Å². The van der Waals surface area contributed by atoms with E-state index in [9.17, 15) is 4.39 Å². The molecule has 5 rings (SSSR count). The van der Waals surface area contributed by atoms with Crippen LogP contribution in [-0.4, -0.2) is 46.0 Å². The van der Waals surface area contributed by atoms with Crippen LogP contribution in [0, 0.1) is 5.82 Å². The summed E-state index contributed by atoms with van der Waals surface area (Å²) in [5.41, 5.74) is 2.05. The van der Waals surface area contributed by atoms with Gasteiger partial charge in [-0.05, 0) is 48.9 Å². The molecule has 32 heavy (non-hydrogen) atoms. The first kappa shape index (κ1) is 20.3. The van der Waals surface area contributed by atoms with Gasteiger partial charge in [-0.2, -0.15) is 0 Å². The molecule has 7 heteroatoms. The Kier molecular flexibility index (Phi) is 5.64. The first-order chi connectivity index (χ1) is 15.7. The molecule has 4 aromatic rings. The maximum absolute atomic E-state index is 13.2. The van der Waals surface area contributed by atoms with Gasteiger partial charge in [-0.3, -0.25) is 9.88 Å². The molecule has 162 valence electrons. The van der Waals surface area contributed by atoms with Crippen molar-refractivity contribution in [1.29, 1.82) is 0 Å². The number of hydrogen-bond acceptors (Lipinski definition) is 6. The Morgan fingerprint density at radius 1 is 0.906 bits per heavy atom. The highest BCUT2D eigenvalue weighted by Gasteiger charge is 2.23. The molecule has 1 aliphatic heterocycles. The highest BCUT2D eigenvalue weighted by Crippen LogP contribution is 2.27. The van der Waals surface area contributed by atoms with Gasteiger partial charge in [-0.15, -0.1) is 0 Å². The van der Waals surface area contributed by atoms with Gasteiger partial charge in [0.25, 0.3) is 0 Å². The molecule has 0 bridgehead atoms. The Labute approximate surface area is 186 Å². The molecule has 1 atom stereocenters. The van der Waals surface area contributed by atoms with Crippen LogP contribution < -0.4 is 9.64 Å². The van der Waals surface area contributed by atoms with Crippen molar-refractivity contribution in [1.82, 2.24) is 19.9 Å². The summed E-state index contributed by atoms with van der Waals surface area (Å²) in [6.07, 6.45) is 3.32. The zero-order valence-corrected chi connectivity index (χ0v) is 17.9. The number of fused-ring (bicyclic) bond motifs is 1. The van der Waals surface area contributed by atoms with Crippen LogP contribution in [0.2, 0.25) is 0 Å². The van der Waals surface area contributed by atoms with E-state index in [4.69, 9.17) is 4.74 Å². The Hall–Kier alpha value is -3.58. The van der Waals surface area contributed by atoms with Crippen LogP contribution in [0.3, 0.4) is 0 Å². The third-order valence-electron chi connectivity index (χ3n) is 5.96. The molecule has 0 radical (unpaired) electrons. The molecule has 2 aromatic heterocycles. The fourth-order valence-electron chi connectivity index (χ4n) is 4.09. The second-order valence-electron chi connectivity index (χ2n) is 7.92. The van der Waals surface area contributed by atoms with Crippen LogP contribution in [-0.2, 0) is 0 Å². The maximum atomic E-state index is 13.2. The molecular formula is C25H24FN5O. The highest BCUT2D eigenvalue weighted by atomic mass is 19.1. The maximum Gasteiger partial charge on any atom is 0.224 e. The number of halogens is 1. The third kappa shape index (κ3) is 4.38. The molecular weight excluding hydrogens is 405 g/mol. The first-order valence-electron chi connectivity index (χ1n) is 10.7. The summed E-state index contributed by atoms with van der Waals surface area (Å²) in [4.78, 5) is 17.7. The number of ether oxygens (including phenoxy) is 1. The largest absolute Gasteiger partial charge is 0.439 e. The minimum Gasteiger partial charge on any atom is -0.439 e. The topological polar surface area (TPSA) is 54.4 Å². The lowest BCUT2D eigenvalue weighted by Gasteiger charge is -2.38. The van der Waals surface area contributed by atoms with E-state index in [0.717, 1.165) is 48.5 Å². The van der Waals surface area contributed by atoms with E-state index in [2.05, 4.69) is 31.7 Å². The predicted molar refractivity (Wildman–Crippen MR) is 122 cm³/mol. The summed E-state index contributed by atoms with van der Waals surface area (Å²) in [6, 6.07) is 18.6. The van der Waals surface area contributed by atoms with Crippen molar-refractivity contribution in [2.75, 3.05) is 31.1 Å². The molecule has 1 aliphatic rings. The van der Waals surface area contributed by atoms with Crippen LogP contribution in [0.1, 0.15) is 18.5 Å². The number of piperazine rings is 1. The quantitative estimate of drug-likeness (QED) is 0.453. The fourth-order valence-corrected chi connectivity index (χ4v) is 4.09. The number of hydrogen-bond donors (Lipinski definition) is 0. The fraction of sp³-hybridized carbons (Fsp3) is 0.240. The van der Waals surface area contributed by atoms with Gasteiger partial charge in [0, 0.05) is 49.9 Å². The van der Waals surface area contributed by atoms with Crippen LogP contribution in [0.4, 0.5) is 10.2 Å². The molecule has 6 nitrogen and oxygen atoms in total. The Morgan fingerprint density at radius 3 is 2.53 bits per heavy atom. The first-order valence-corrected chi connectivity index (χ1v) is 10.7. The molecule has 3 heterocycles. The van der Waals surface area contributed by atoms with Gasteiger partial charge in [0.2, 0.25) is 5.88 Å². The van der Waals surface area contributed by atoms with Crippen molar-refractivity contribution in [2.45, 2.75) is 13.0 Å². The SMILES string of the molecule is C[C@@H](c1ccc(F)cc1)N1CCN(c2cc(Oc3ccc4ncccc4c3)ncn2)CC1. The summed E-state index contributed by atoms with van der Waals surface area (Å²) in [7, 11) is 0. The van der Waals surface area contributed by atoms with Gasteiger partial charge in [0.1, 0.15) is 23.7 Å². The zero-order valence-electron chi connectivity index (χ0n) is 17.9. The summed E-state index contributed by atoms with van der Waals surface area (Å²) in [5, 5.41) is 1.02. The number of anilines is 1. The number of rotatable bonds is 5. The van der Waals surface area contributed by atoms with E-state index < -0.39 is 0 Å². The second-order valence-corrected chi connectivity index (χ2v) is 7.92. The molecule has 1 saturated heterocycles. The van der Waals surface area contributed by atoms with Crippen LogP contribution in [0.15, 0.2) is 73.2 Å². The Bertz CT molecular complexity index is 1210.